The lowest BCUT2D eigenvalue weighted by Crippen LogP contribution is -1.98. The molecule has 0 aromatic carbocycles. The Kier molecular flexibility index (Phi) is 4.96. The maximum Gasteiger partial charge on any atom is 0.206 e. The molecule has 0 aliphatic carbocycles. The van der Waals surface area contributed by atoms with Gasteiger partial charge in [-0.25, -0.2) is 4.98 Å². The highest BCUT2D eigenvalue weighted by molar-refractivity contribution is 8.01. The molecule has 1 N–H and O–H groups in total. The van der Waals surface area contributed by atoms with Crippen molar-refractivity contribution in [2.75, 3.05) is 11.9 Å². The first-order valence-corrected chi connectivity index (χ1v) is 7.56. The molecule has 0 fully saturated rings. The Morgan fingerprint density at radius 1 is 1.47 bits per heavy atom. The molecule has 0 aliphatic heterocycles. The second-order valence-corrected chi connectivity index (χ2v) is 6.15. The maximum absolute atomic E-state index is 8.87. The van der Waals surface area contributed by atoms with E-state index in [9.17, 15) is 0 Å². The van der Waals surface area contributed by atoms with Crippen molar-refractivity contribution in [1.29, 1.82) is 5.26 Å². The van der Waals surface area contributed by atoms with Crippen LogP contribution >= 0.6 is 34.7 Å². The quantitative estimate of drug-likeness (QED) is 0.911. The van der Waals surface area contributed by atoms with E-state index in [1.165, 1.54) is 23.1 Å². The fourth-order valence-corrected chi connectivity index (χ4v) is 3.05. The Balaban J connectivity index is 2.09. The molecule has 0 spiro atoms. The SMILES string of the molecule is CCCNc1nnc(Sc2ccc(Cl)c(C#N)n2)s1. The molecule has 8 heteroatoms. The zero-order valence-corrected chi connectivity index (χ0v) is 12.4. The van der Waals surface area contributed by atoms with Gasteiger partial charge in [0.1, 0.15) is 11.1 Å². The van der Waals surface area contributed by atoms with Crippen LogP contribution in [0.15, 0.2) is 21.5 Å². The fraction of sp³-hybridized carbons (Fsp3) is 0.273. The highest BCUT2D eigenvalue weighted by atomic mass is 35.5. The van der Waals surface area contributed by atoms with Crippen LogP contribution in [0.1, 0.15) is 19.0 Å². The number of pyridine rings is 1. The maximum atomic E-state index is 8.87. The van der Waals surface area contributed by atoms with E-state index in [0.29, 0.717) is 10.0 Å². The summed E-state index contributed by atoms with van der Waals surface area (Å²) in [6.45, 7) is 2.96. The normalized spacial score (nSPS) is 10.2. The Labute approximate surface area is 124 Å². The van der Waals surface area contributed by atoms with Gasteiger partial charge in [-0.05, 0) is 30.3 Å². The summed E-state index contributed by atoms with van der Waals surface area (Å²) in [4.78, 5) is 4.15. The van der Waals surface area contributed by atoms with Crippen LogP contribution in [0.4, 0.5) is 5.13 Å². The monoisotopic (exact) mass is 311 g/mol. The molecule has 0 atom stereocenters. The van der Waals surface area contributed by atoms with Gasteiger partial charge in [0.2, 0.25) is 5.13 Å². The van der Waals surface area contributed by atoms with E-state index in [0.717, 1.165) is 22.4 Å². The van der Waals surface area contributed by atoms with Crippen molar-refractivity contribution >= 4 is 39.8 Å². The molecule has 0 radical (unpaired) electrons. The van der Waals surface area contributed by atoms with Crippen LogP contribution < -0.4 is 5.32 Å². The van der Waals surface area contributed by atoms with Crippen molar-refractivity contribution in [3.05, 3.63) is 22.8 Å². The summed E-state index contributed by atoms with van der Waals surface area (Å²) in [5.41, 5.74) is 0.223. The Bertz CT molecular complexity index is 607. The van der Waals surface area contributed by atoms with Crippen LogP contribution in [0.2, 0.25) is 5.02 Å². The van der Waals surface area contributed by atoms with E-state index in [4.69, 9.17) is 16.9 Å². The third-order valence-corrected chi connectivity index (χ3v) is 4.22. The van der Waals surface area contributed by atoms with Crippen LogP contribution in [-0.4, -0.2) is 21.7 Å². The van der Waals surface area contributed by atoms with Gasteiger partial charge in [0, 0.05) is 6.54 Å². The van der Waals surface area contributed by atoms with Crippen LogP contribution in [0.3, 0.4) is 0 Å². The average Bonchev–Trinajstić information content (AvgIpc) is 2.86. The lowest BCUT2D eigenvalue weighted by molar-refractivity contribution is 0.950. The van der Waals surface area contributed by atoms with Crippen LogP contribution in [0.25, 0.3) is 0 Å². The largest absolute Gasteiger partial charge is 0.360 e. The number of halogens is 1. The fourth-order valence-electron chi connectivity index (χ4n) is 1.20. The Hall–Kier alpha value is -1.36. The smallest absolute Gasteiger partial charge is 0.206 e. The molecule has 5 nitrogen and oxygen atoms in total. The summed E-state index contributed by atoms with van der Waals surface area (Å²) in [5, 5.41) is 21.9. The lowest BCUT2D eigenvalue weighted by atomic mass is 10.4. The molecule has 2 rings (SSSR count). The van der Waals surface area contributed by atoms with E-state index in [1.54, 1.807) is 12.1 Å². The molecule has 98 valence electrons. The molecule has 19 heavy (non-hydrogen) atoms. The van der Waals surface area contributed by atoms with Gasteiger partial charge >= 0.3 is 0 Å². The third kappa shape index (κ3) is 3.80. The standard InChI is InChI=1S/C11H10ClN5S2/c1-2-5-14-10-16-17-11(19-10)18-9-4-3-7(12)8(6-13)15-9/h3-4H,2,5H2,1H3,(H,14,16). The zero-order valence-electron chi connectivity index (χ0n) is 10.1. The Morgan fingerprint density at radius 2 is 2.32 bits per heavy atom. The van der Waals surface area contributed by atoms with E-state index in [-0.39, 0.29) is 5.69 Å². The molecule has 0 bridgehead atoms. The number of nitrogens with zero attached hydrogens (tertiary/aromatic N) is 4. The molecule has 0 unspecified atom stereocenters. The van der Waals surface area contributed by atoms with E-state index in [2.05, 4.69) is 27.4 Å². The number of nitriles is 1. The summed E-state index contributed by atoms with van der Waals surface area (Å²) in [6, 6.07) is 5.37. The van der Waals surface area contributed by atoms with E-state index < -0.39 is 0 Å². The molecule has 2 heterocycles. The number of hydrogen-bond donors (Lipinski definition) is 1. The average molecular weight is 312 g/mol. The topological polar surface area (TPSA) is 74.5 Å². The van der Waals surface area contributed by atoms with Crippen molar-refractivity contribution in [2.45, 2.75) is 22.7 Å². The van der Waals surface area contributed by atoms with Gasteiger partial charge in [-0.15, -0.1) is 10.2 Å². The molecule has 0 saturated heterocycles. The molecular formula is C11H10ClN5S2. The molecule has 2 aromatic rings. The first kappa shape index (κ1) is 14.1. The second kappa shape index (κ2) is 6.70. The summed E-state index contributed by atoms with van der Waals surface area (Å²) in [7, 11) is 0. The highest BCUT2D eigenvalue weighted by Crippen LogP contribution is 2.31. The van der Waals surface area contributed by atoms with Gasteiger partial charge in [0.25, 0.3) is 0 Å². The van der Waals surface area contributed by atoms with Crippen molar-refractivity contribution in [2.24, 2.45) is 0 Å². The van der Waals surface area contributed by atoms with Crippen molar-refractivity contribution < 1.29 is 0 Å². The van der Waals surface area contributed by atoms with Gasteiger partial charge < -0.3 is 5.32 Å². The van der Waals surface area contributed by atoms with E-state index >= 15 is 0 Å². The van der Waals surface area contributed by atoms with Gasteiger partial charge in [-0.2, -0.15) is 5.26 Å². The molecule has 0 aliphatic rings. The molecule has 0 saturated carbocycles. The zero-order chi connectivity index (χ0) is 13.7. The first-order valence-electron chi connectivity index (χ1n) is 5.54. The molecule has 2 aromatic heterocycles. The van der Waals surface area contributed by atoms with E-state index in [1.807, 2.05) is 6.07 Å². The molecule has 0 amide bonds. The minimum absolute atomic E-state index is 0.223. The van der Waals surface area contributed by atoms with Crippen LogP contribution in [0.5, 0.6) is 0 Å². The van der Waals surface area contributed by atoms with Crippen molar-refractivity contribution in [3.8, 4) is 6.07 Å². The minimum Gasteiger partial charge on any atom is -0.360 e. The number of anilines is 1. The van der Waals surface area contributed by atoms with Gasteiger partial charge in [0.05, 0.1) is 5.02 Å². The molecular weight excluding hydrogens is 302 g/mol. The number of nitrogens with one attached hydrogen (secondary N) is 1. The van der Waals surface area contributed by atoms with Crippen LogP contribution in [-0.2, 0) is 0 Å². The van der Waals surface area contributed by atoms with Gasteiger partial charge in [-0.1, -0.05) is 29.9 Å². The predicted molar refractivity (Wildman–Crippen MR) is 76.8 cm³/mol. The van der Waals surface area contributed by atoms with Crippen molar-refractivity contribution in [1.82, 2.24) is 15.2 Å². The number of aromatic nitrogens is 3. The number of rotatable bonds is 5. The first-order chi connectivity index (χ1) is 9.22. The summed E-state index contributed by atoms with van der Waals surface area (Å²) < 4.78 is 0.775. The minimum atomic E-state index is 0.223. The summed E-state index contributed by atoms with van der Waals surface area (Å²) >= 11 is 8.65. The van der Waals surface area contributed by atoms with Gasteiger partial charge in [0.15, 0.2) is 10.0 Å². The number of hydrogen-bond acceptors (Lipinski definition) is 7. The predicted octanol–water partition coefficient (Wildman–Crippen LogP) is 3.43. The Morgan fingerprint density at radius 3 is 3.05 bits per heavy atom. The van der Waals surface area contributed by atoms with Gasteiger partial charge in [-0.3, -0.25) is 0 Å². The summed E-state index contributed by atoms with van der Waals surface area (Å²) in [6.07, 6.45) is 1.03. The third-order valence-electron chi connectivity index (χ3n) is 2.05. The lowest BCUT2D eigenvalue weighted by Gasteiger charge is -1.98. The van der Waals surface area contributed by atoms with Crippen molar-refractivity contribution in [3.63, 3.8) is 0 Å². The second-order valence-electron chi connectivity index (χ2n) is 3.49. The van der Waals surface area contributed by atoms with Crippen LogP contribution in [0, 0.1) is 11.3 Å². The summed E-state index contributed by atoms with van der Waals surface area (Å²) in [5.74, 6) is 0. The highest BCUT2D eigenvalue weighted by Gasteiger charge is 2.09.